The number of amides is 1. The molecule has 0 saturated carbocycles. The number of carbonyl (C=O) groups excluding carboxylic acids is 2. The normalized spacial score (nSPS) is 17.6. The molecule has 1 unspecified atom stereocenters. The third kappa shape index (κ3) is 3.97. The van der Waals surface area contributed by atoms with Crippen LogP contribution in [0.15, 0.2) is 81.8 Å². The maximum Gasteiger partial charge on any atom is 0.301 e. The van der Waals surface area contributed by atoms with Crippen molar-refractivity contribution in [3.05, 3.63) is 94.2 Å². The van der Waals surface area contributed by atoms with E-state index in [9.17, 15) is 14.7 Å². The lowest BCUT2D eigenvalue weighted by molar-refractivity contribution is -0.132. The molecule has 0 spiro atoms. The molecule has 1 aliphatic rings. The maximum absolute atomic E-state index is 13.1. The predicted octanol–water partition coefficient (Wildman–Crippen LogP) is 4.94. The van der Waals surface area contributed by atoms with Crippen LogP contribution < -0.4 is 9.64 Å². The lowest BCUT2D eigenvalue weighted by Crippen LogP contribution is -2.29. The SMILES string of the molecule is C=CCOc1cccc(C2C(=C(O)c3ccc(Br)cc3)C(=O)C(=O)N2c2cc(C)on2)c1. The fraction of sp³-hybridized carbons (Fsp3) is 0.125. The Bertz CT molecular complexity index is 1230. The Morgan fingerprint density at radius 2 is 2.00 bits per heavy atom. The summed E-state index contributed by atoms with van der Waals surface area (Å²) in [6.45, 7) is 5.62. The van der Waals surface area contributed by atoms with E-state index in [-0.39, 0.29) is 17.2 Å². The van der Waals surface area contributed by atoms with E-state index in [2.05, 4.69) is 27.7 Å². The van der Waals surface area contributed by atoms with E-state index in [1.807, 2.05) is 0 Å². The third-order valence-corrected chi connectivity index (χ3v) is 5.49. The van der Waals surface area contributed by atoms with Crippen LogP contribution in [0.25, 0.3) is 5.76 Å². The van der Waals surface area contributed by atoms with Gasteiger partial charge in [0.1, 0.15) is 23.9 Å². The number of benzene rings is 2. The lowest BCUT2D eigenvalue weighted by Gasteiger charge is -2.23. The van der Waals surface area contributed by atoms with Crippen molar-refractivity contribution in [2.24, 2.45) is 0 Å². The molecule has 0 aliphatic carbocycles. The molecule has 1 saturated heterocycles. The second-order valence-electron chi connectivity index (χ2n) is 7.14. The van der Waals surface area contributed by atoms with Gasteiger partial charge < -0.3 is 14.4 Å². The van der Waals surface area contributed by atoms with Crippen molar-refractivity contribution in [3.8, 4) is 5.75 Å². The second kappa shape index (κ2) is 8.84. The van der Waals surface area contributed by atoms with Gasteiger partial charge in [-0.15, -0.1) is 0 Å². The number of nitrogens with zero attached hydrogens (tertiary/aromatic N) is 2. The van der Waals surface area contributed by atoms with Crippen LogP contribution in [0.5, 0.6) is 5.75 Å². The first kappa shape index (κ1) is 21.6. The number of carbonyl (C=O) groups is 2. The van der Waals surface area contributed by atoms with Gasteiger partial charge >= 0.3 is 5.91 Å². The van der Waals surface area contributed by atoms with Crippen molar-refractivity contribution in [2.75, 3.05) is 11.5 Å². The lowest BCUT2D eigenvalue weighted by atomic mass is 9.95. The Balaban J connectivity index is 1.90. The molecule has 0 radical (unpaired) electrons. The van der Waals surface area contributed by atoms with Gasteiger partial charge in [-0.2, -0.15) is 0 Å². The number of aliphatic hydroxyl groups is 1. The molecule has 3 aromatic rings. The summed E-state index contributed by atoms with van der Waals surface area (Å²) < 4.78 is 11.6. The molecule has 1 N–H and O–H groups in total. The Hall–Kier alpha value is -3.65. The van der Waals surface area contributed by atoms with Crippen LogP contribution in [0.3, 0.4) is 0 Å². The Morgan fingerprint density at radius 1 is 1.25 bits per heavy atom. The summed E-state index contributed by atoms with van der Waals surface area (Å²) in [6.07, 6.45) is 1.62. The number of aliphatic hydroxyl groups excluding tert-OH is 1. The zero-order chi connectivity index (χ0) is 22.8. The number of ether oxygens (including phenoxy) is 1. The van der Waals surface area contributed by atoms with Crippen LogP contribution in [0, 0.1) is 6.92 Å². The fourth-order valence-electron chi connectivity index (χ4n) is 3.54. The number of aromatic nitrogens is 1. The monoisotopic (exact) mass is 494 g/mol. The number of anilines is 1. The fourth-order valence-corrected chi connectivity index (χ4v) is 3.81. The van der Waals surface area contributed by atoms with Crippen molar-refractivity contribution in [1.29, 1.82) is 0 Å². The zero-order valence-corrected chi connectivity index (χ0v) is 18.7. The van der Waals surface area contributed by atoms with E-state index in [1.165, 1.54) is 4.90 Å². The van der Waals surface area contributed by atoms with Gasteiger partial charge in [0.2, 0.25) is 0 Å². The van der Waals surface area contributed by atoms with Gasteiger partial charge in [0, 0.05) is 16.1 Å². The van der Waals surface area contributed by atoms with Crippen LogP contribution in [0.1, 0.15) is 22.9 Å². The molecule has 1 aromatic heterocycles. The Kier molecular flexibility index (Phi) is 5.96. The number of Topliss-reactive ketones (excluding diaryl/α,β-unsaturated/α-hetero) is 1. The molecule has 32 heavy (non-hydrogen) atoms. The summed E-state index contributed by atoms with van der Waals surface area (Å²) in [5, 5.41) is 15.0. The molecule has 7 nitrogen and oxygen atoms in total. The molecule has 2 heterocycles. The average Bonchev–Trinajstić information content (AvgIpc) is 3.33. The summed E-state index contributed by atoms with van der Waals surface area (Å²) in [5.74, 6) is -0.694. The van der Waals surface area contributed by atoms with Crippen molar-refractivity contribution in [3.63, 3.8) is 0 Å². The summed E-state index contributed by atoms with van der Waals surface area (Å²) >= 11 is 3.35. The van der Waals surface area contributed by atoms with Gasteiger partial charge in [0.05, 0.1) is 11.6 Å². The molecule has 0 bridgehead atoms. The molecule has 2 aromatic carbocycles. The van der Waals surface area contributed by atoms with Crippen molar-refractivity contribution in [1.82, 2.24) is 5.16 Å². The molecule has 1 atom stereocenters. The number of hydrogen-bond donors (Lipinski definition) is 1. The van der Waals surface area contributed by atoms with E-state index in [0.717, 1.165) is 4.47 Å². The van der Waals surface area contributed by atoms with Crippen LogP contribution in [-0.4, -0.2) is 28.6 Å². The van der Waals surface area contributed by atoms with E-state index >= 15 is 0 Å². The number of hydrogen-bond acceptors (Lipinski definition) is 6. The number of ketones is 1. The number of halogens is 1. The topological polar surface area (TPSA) is 92.9 Å². The highest BCUT2D eigenvalue weighted by Gasteiger charge is 2.48. The van der Waals surface area contributed by atoms with E-state index in [1.54, 1.807) is 67.6 Å². The predicted molar refractivity (Wildman–Crippen MR) is 122 cm³/mol. The van der Waals surface area contributed by atoms with Gasteiger partial charge in [-0.1, -0.05) is 58.0 Å². The quantitative estimate of drug-likeness (QED) is 0.226. The molecular weight excluding hydrogens is 476 g/mol. The highest BCUT2D eigenvalue weighted by Crippen LogP contribution is 2.42. The van der Waals surface area contributed by atoms with Gasteiger partial charge in [-0.25, -0.2) is 0 Å². The molecule has 4 rings (SSSR count). The molecular formula is C24H19BrN2O5. The molecule has 1 aliphatic heterocycles. The van der Waals surface area contributed by atoms with Crippen LogP contribution in [0.2, 0.25) is 0 Å². The number of rotatable bonds is 6. The molecule has 1 fully saturated rings. The van der Waals surface area contributed by atoms with Crippen molar-refractivity contribution in [2.45, 2.75) is 13.0 Å². The zero-order valence-electron chi connectivity index (χ0n) is 17.1. The first-order valence-corrected chi connectivity index (χ1v) is 10.5. The van der Waals surface area contributed by atoms with Gasteiger partial charge in [0.15, 0.2) is 5.82 Å². The first-order chi connectivity index (χ1) is 15.4. The van der Waals surface area contributed by atoms with Crippen LogP contribution >= 0.6 is 15.9 Å². The smallest absolute Gasteiger partial charge is 0.301 e. The minimum Gasteiger partial charge on any atom is -0.507 e. The van der Waals surface area contributed by atoms with Crippen LogP contribution in [-0.2, 0) is 9.59 Å². The van der Waals surface area contributed by atoms with E-state index in [0.29, 0.717) is 29.2 Å². The first-order valence-electron chi connectivity index (χ1n) is 9.74. The second-order valence-corrected chi connectivity index (χ2v) is 8.06. The van der Waals surface area contributed by atoms with Crippen molar-refractivity contribution < 1.29 is 24.0 Å². The minimum absolute atomic E-state index is 0.0427. The minimum atomic E-state index is -0.921. The van der Waals surface area contributed by atoms with Gasteiger partial charge in [0.25, 0.3) is 5.78 Å². The highest BCUT2D eigenvalue weighted by atomic mass is 79.9. The summed E-state index contributed by atoms with van der Waals surface area (Å²) in [6, 6.07) is 14.4. The van der Waals surface area contributed by atoms with Gasteiger partial charge in [-0.3, -0.25) is 14.5 Å². The Morgan fingerprint density at radius 3 is 2.66 bits per heavy atom. The third-order valence-electron chi connectivity index (χ3n) is 4.97. The summed E-state index contributed by atoms with van der Waals surface area (Å²) in [5.41, 5.74) is 0.940. The largest absolute Gasteiger partial charge is 0.507 e. The molecule has 8 heteroatoms. The molecule has 162 valence electrons. The van der Waals surface area contributed by atoms with Crippen LogP contribution in [0.4, 0.5) is 5.82 Å². The average molecular weight is 495 g/mol. The number of aryl methyl sites for hydroxylation is 1. The van der Waals surface area contributed by atoms with E-state index in [4.69, 9.17) is 9.26 Å². The standard InChI is InChI=1S/C24H19BrN2O5/c1-3-11-31-18-6-4-5-16(13-18)21-20(22(28)15-7-9-17(25)10-8-15)23(29)24(30)27(21)19-12-14(2)32-26-19/h3-10,12-13,21,28H,1,11H2,2H3. The summed E-state index contributed by atoms with van der Waals surface area (Å²) in [7, 11) is 0. The Labute approximate surface area is 192 Å². The maximum atomic E-state index is 13.1. The van der Waals surface area contributed by atoms with E-state index < -0.39 is 17.7 Å². The molecule has 1 amide bonds. The highest BCUT2D eigenvalue weighted by molar-refractivity contribution is 9.10. The van der Waals surface area contributed by atoms with Crippen molar-refractivity contribution >= 4 is 39.2 Å². The summed E-state index contributed by atoms with van der Waals surface area (Å²) in [4.78, 5) is 27.4. The van der Waals surface area contributed by atoms with Gasteiger partial charge in [-0.05, 0) is 36.8 Å².